The number of nitrogens with one attached hydrogen (secondary N) is 2. The second kappa shape index (κ2) is 9.87. The Bertz CT molecular complexity index is 660. The predicted octanol–water partition coefficient (Wildman–Crippen LogP) is 3.08. The number of rotatable bonds is 8. The first-order valence-electron chi connectivity index (χ1n) is 9.10. The van der Waals surface area contributed by atoms with Gasteiger partial charge in [-0.1, -0.05) is 30.3 Å². The van der Waals surface area contributed by atoms with E-state index in [-0.39, 0.29) is 0 Å². The summed E-state index contributed by atoms with van der Waals surface area (Å²) in [7, 11) is 1.82. The van der Waals surface area contributed by atoms with Crippen LogP contribution in [0.5, 0.6) is 0 Å². The second-order valence-corrected chi connectivity index (χ2v) is 6.57. The third-order valence-electron chi connectivity index (χ3n) is 4.26. The average molecular weight is 342 g/mol. The molecule has 0 saturated carbocycles. The van der Waals surface area contributed by atoms with Gasteiger partial charge in [-0.3, -0.25) is 9.67 Å². The molecule has 2 rings (SSSR count). The average Bonchev–Trinajstić information content (AvgIpc) is 2.94. The Kier molecular flexibility index (Phi) is 7.51. The highest BCUT2D eigenvalue weighted by molar-refractivity contribution is 5.79. The zero-order valence-electron chi connectivity index (χ0n) is 15.9. The van der Waals surface area contributed by atoms with E-state index in [1.165, 1.54) is 11.3 Å². The van der Waals surface area contributed by atoms with Crippen molar-refractivity contribution in [2.45, 2.75) is 52.6 Å². The molecule has 0 saturated heterocycles. The molecule has 0 bridgehead atoms. The van der Waals surface area contributed by atoms with E-state index in [2.05, 4.69) is 75.7 Å². The van der Waals surface area contributed by atoms with Crippen molar-refractivity contribution in [1.29, 1.82) is 0 Å². The molecule has 2 N–H and O–H groups in total. The van der Waals surface area contributed by atoms with E-state index in [1.807, 2.05) is 14.0 Å². The molecule has 1 unspecified atom stereocenters. The molecule has 0 spiro atoms. The van der Waals surface area contributed by atoms with Crippen molar-refractivity contribution in [3.8, 4) is 0 Å². The quantitative estimate of drug-likeness (QED) is 0.441. The molecule has 2 aromatic rings. The van der Waals surface area contributed by atoms with Crippen molar-refractivity contribution in [1.82, 2.24) is 20.4 Å². The molecule has 0 amide bonds. The van der Waals surface area contributed by atoms with E-state index in [0.29, 0.717) is 6.04 Å². The number of aryl methyl sites for hydroxylation is 4. The monoisotopic (exact) mass is 341 g/mol. The SMILES string of the molecule is CN=C(NCCCn1nc(C)cc1C)NC(C)CCc1ccccc1. The molecule has 0 aliphatic carbocycles. The van der Waals surface area contributed by atoms with E-state index in [4.69, 9.17) is 0 Å². The van der Waals surface area contributed by atoms with Crippen LogP contribution in [0, 0.1) is 13.8 Å². The number of hydrogen-bond acceptors (Lipinski definition) is 2. The van der Waals surface area contributed by atoms with Crippen LogP contribution >= 0.6 is 0 Å². The maximum Gasteiger partial charge on any atom is 0.191 e. The number of guanidine groups is 1. The molecule has 0 aliphatic rings. The number of aromatic nitrogens is 2. The van der Waals surface area contributed by atoms with Crippen molar-refractivity contribution in [3.05, 3.63) is 53.3 Å². The third kappa shape index (κ3) is 6.61. The Hall–Kier alpha value is -2.30. The van der Waals surface area contributed by atoms with E-state index in [0.717, 1.165) is 44.0 Å². The van der Waals surface area contributed by atoms with Crippen molar-refractivity contribution >= 4 is 5.96 Å². The van der Waals surface area contributed by atoms with Crippen LogP contribution in [0.2, 0.25) is 0 Å². The van der Waals surface area contributed by atoms with Gasteiger partial charge in [0.2, 0.25) is 0 Å². The predicted molar refractivity (Wildman–Crippen MR) is 105 cm³/mol. The molecule has 5 nitrogen and oxygen atoms in total. The first-order valence-corrected chi connectivity index (χ1v) is 9.10. The topological polar surface area (TPSA) is 54.2 Å². The summed E-state index contributed by atoms with van der Waals surface area (Å²) in [6, 6.07) is 13.1. The molecule has 0 aliphatic heterocycles. The number of nitrogens with zero attached hydrogens (tertiary/aromatic N) is 3. The van der Waals surface area contributed by atoms with Crippen LogP contribution in [0.15, 0.2) is 41.4 Å². The van der Waals surface area contributed by atoms with Crippen LogP contribution in [0.3, 0.4) is 0 Å². The summed E-state index contributed by atoms with van der Waals surface area (Å²) in [5.41, 5.74) is 3.67. The lowest BCUT2D eigenvalue weighted by Gasteiger charge is -2.18. The minimum absolute atomic E-state index is 0.377. The van der Waals surface area contributed by atoms with Crippen LogP contribution < -0.4 is 10.6 Å². The normalized spacial score (nSPS) is 12.9. The zero-order chi connectivity index (χ0) is 18.1. The van der Waals surface area contributed by atoms with Gasteiger partial charge in [0.25, 0.3) is 0 Å². The van der Waals surface area contributed by atoms with Crippen molar-refractivity contribution in [2.24, 2.45) is 4.99 Å². The van der Waals surface area contributed by atoms with E-state index >= 15 is 0 Å². The van der Waals surface area contributed by atoms with E-state index < -0.39 is 0 Å². The zero-order valence-corrected chi connectivity index (χ0v) is 15.9. The van der Waals surface area contributed by atoms with Crippen molar-refractivity contribution in [2.75, 3.05) is 13.6 Å². The fourth-order valence-electron chi connectivity index (χ4n) is 2.86. The molecule has 1 heterocycles. The summed E-state index contributed by atoms with van der Waals surface area (Å²) in [4.78, 5) is 4.32. The second-order valence-electron chi connectivity index (χ2n) is 6.57. The Morgan fingerprint density at radius 3 is 2.64 bits per heavy atom. The molecule has 136 valence electrons. The molecular weight excluding hydrogens is 310 g/mol. The van der Waals surface area contributed by atoms with Crippen molar-refractivity contribution < 1.29 is 0 Å². The fraction of sp³-hybridized carbons (Fsp3) is 0.500. The van der Waals surface area contributed by atoms with E-state index in [9.17, 15) is 0 Å². The lowest BCUT2D eigenvalue weighted by Crippen LogP contribution is -2.42. The third-order valence-corrected chi connectivity index (χ3v) is 4.26. The van der Waals surface area contributed by atoms with Crippen LogP contribution in [-0.2, 0) is 13.0 Å². The molecule has 1 atom stereocenters. The molecular formula is C20H31N5. The van der Waals surface area contributed by atoms with Gasteiger partial charge in [-0.15, -0.1) is 0 Å². The van der Waals surface area contributed by atoms with Crippen molar-refractivity contribution in [3.63, 3.8) is 0 Å². The fourth-order valence-corrected chi connectivity index (χ4v) is 2.86. The smallest absolute Gasteiger partial charge is 0.191 e. The van der Waals surface area contributed by atoms with Crippen LogP contribution in [-0.4, -0.2) is 35.4 Å². The van der Waals surface area contributed by atoms with Gasteiger partial charge < -0.3 is 10.6 Å². The lowest BCUT2D eigenvalue weighted by atomic mass is 10.1. The van der Waals surface area contributed by atoms with Gasteiger partial charge in [-0.25, -0.2) is 0 Å². The Morgan fingerprint density at radius 2 is 2.00 bits per heavy atom. The summed E-state index contributed by atoms with van der Waals surface area (Å²) in [5, 5.41) is 11.4. The van der Waals surface area contributed by atoms with Gasteiger partial charge in [-0.2, -0.15) is 5.10 Å². The molecule has 5 heteroatoms. The summed E-state index contributed by atoms with van der Waals surface area (Å²) in [5.74, 6) is 0.869. The van der Waals surface area contributed by atoms with Gasteiger partial charge >= 0.3 is 0 Å². The maximum atomic E-state index is 4.49. The van der Waals surface area contributed by atoms with E-state index in [1.54, 1.807) is 0 Å². The number of aliphatic imine (C=N–C) groups is 1. The van der Waals surface area contributed by atoms with Crippen LogP contribution in [0.4, 0.5) is 0 Å². The first kappa shape index (κ1) is 19.0. The molecule has 0 fully saturated rings. The van der Waals surface area contributed by atoms with Gasteiger partial charge in [0, 0.05) is 31.9 Å². The van der Waals surface area contributed by atoms with Gasteiger partial charge in [-0.05, 0) is 51.7 Å². The summed E-state index contributed by atoms with van der Waals surface area (Å²) in [6.45, 7) is 8.13. The Balaban J connectivity index is 1.66. The first-order chi connectivity index (χ1) is 12.1. The van der Waals surface area contributed by atoms with Gasteiger partial charge in [0.05, 0.1) is 5.69 Å². The standard InChI is InChI=1S/C20H31N5/c1-16(11-12-19-9-6-5-7-10-19)23-20(21-4)22-13-8-14-25-18(3)15-17(2)24-25/h5-7,9-10,15-16H,8,11-14H2,1-4H3,(H2,21,22,23). The molecule has 25 heavy (non-hydrogen) atoms. The Labute approximate surface area is 151 Å². The minimum Gasteiger partial charge on any atom is -0.356 e. The highest BCUT2D eigenvalue weighted by Gasteiger charge is 2.06. The van der Waals surface area contributed by atoms with Crippen LogP contribution in [0.1, 0.15) is 36.7 Å². The molecule has 1 aromatic carbocycles. The largest absolute Gasteiger partial charge is 0.356 e. The minimum atomic E-state index is 0.377. The summed E-state index contributed by atoms with van der Waals surface area (Å²) < 4.78 is 2.07. The van der Waals surface area contributed by atoms with Gasteiger partial charge in [0.1, 0.15) is 0 Å². The summed E-state index contributed by atoms with van der Waals surface area (Å²) in [6.07, 6.45) is 3.17. The van der Waals surface area contributed by atoms with Gasteiger partial charge in [0.15, 0.2) is 5.96 Å². The highest BCUT2D eigenvalue weighted by atomic mass is 15.3. The summed E-state index contributed by atoms with van der Waals surface area (Å²) >= 11 is 0. The lowest BCUT2D eigenvalue weighted by molar-refractivity contribution is 0.548. The molecule has 1 aromatic heterocycles. The number of hydrogen-bond donors (Lipinski definition) is 2. The van der Waals surface area contributed by atoms with Crippen LogP contribution in [0.25, 0.3) is 0 Å². The Morgan fingerprint density at radius 1 is 1.24 bits per heavy atom. The highest BCUT2D eigenvalue weighted by Crippen LogP contribution is 2.05. The molecule has 0 radical (unpaired) electrons. The maximum absolute atomic E-state index is 4.49. The number of benzene rings is 1.